The van der Waals surface area contributed by atoms with E-state index in [4.69, 9.17) is 19.3 Å². The zero-order chi connectivity index (χ0) is 15.0. The Morgan fingerprint density at radius 3 is 2.81 bits per heavy atom. The fourth-order valence-electron chi connectivity index (χ4n) is 2.02. The quantitative estimate of drug-likeness (QED) is 0.441. The summed E-state index contributed by atoms with van der Waals surface area (Å²) in [6.07, 6.45) is 1.38. The van der Waals surface area contributed by atoms with Gasteiger partial charge in [0.05, 0.1) is 6.26 Å². The third-order valence-electron chi connectivity index (χ3n) is 3.07. The van der Waals surface area contributed by atoms with Crippen molar-refractivity contribution in [2.24, 2.45) is 0 Å². The monoisotopic (exact) mass is 285 g/mol. The van der Waals surface area contributed by atoms with Gasteiger partial charge in [-0.15, -0.1) is 0 Å². The van der Waals surface area contributed by atoms with Crippen LogP contribution in [-0.4, -0.2) is 5.97 Å². The molecule has 0 unspecified atom stereocenters. The van der Waals surface area contributed by atoms with Crippen LogP contribution in [0, 0.1) is 6.92 Å². The molecule has 2 aromatic heterocycles. The predicted molar refractivity (Wildman–Crippen MR) is 75.3 cm³/mol. The van der Waals surface area contributed by atoms with Crippen LogP contribution in [0.2, 0.25) is 0 Å². The first-order chi connectivity index (χ1) is 10.1. The average Bonchev–Trinajstić information content (AvgIpc) is 2.96. The van der Waals surface area contributed by atoms with Crippen molar-refractivity contribution in [3.63, 3.8) is 0 Å². The number of esters is 1. The first-order valence-corrected chi connectivity index (χ1v) is 6.15. The number of aryl methyl sites for hydroxylation is 1. The van der Waals surface area contributed by atoms with Crippen molar-refractivity contribution in [2.45, 2.75) is 6.92 Å². The summed E-state index contributed by atoms with van der Waals surface area (Å²) in [5.74, 6) is -0.269. The molecule has 0 atom stereocenters. The first kappa shape index (κ1) is 13.0. The Balaban J connectivity index is 2.06. The van der Waals surface area contributed by atoms with Gasteiger partial charge in [0.25, 0.3) is 0 Å². The van der Waals surface area contributed by atoms with E-state index in [1.807, 2.05) is 0 Å². The molecule has 6 nitrogen and oxygen atoms in total. The second-order valence-corrected chi connectivity index (χ2v) is 4.45. The van der Waals surface area contributed by atoms with E-state index < -0.39 is 11.6 Å². The van der Waals surface area contributed by atoms with E-state index in [9.17, 15) is 9.59 Å². The van der Waals surface area contributed by atoms with Gasteiger partial charge >= 0.3 is 11.6 Å². The van der Waals surface area contributed by atoms with Crippen LogP contribution in [0.5, 0.6) is 5.75 Å². The third-order valence-corrected chi connectivity index (χ3v) is 3.07. The standard InChI is InChI=1S/C15H11NO5/c1-8-11(20-15(18)12-3-2-6-19-12)5-4-9-10(16)7-13(17)21-14(8)9/h2-7H,16H2,1H3. The highest BCUT2D eigenvalue weighted by atomic mass is 16.5. The molecule has 0 radical (unpaired) electrons. The SMILES string of the molecule is Cc1c(OC(=O)c2ccco2)ccc2c(N)cc(=O)oc12. The van der Waals surface area contributed by atoms with Crippen LogP contribution >= 0.6 is 0 Å². The zero-order valence-corrected chi connectivity index (χ0v) is 11.1. The summed E-state index contributed by atoms with van der Waals surface area (Å²) in [5.41, 5.74) is 6.33. The molecule has 0 saturated carbocycles. The Labute approximate surface area is 118 Å². The maximum Gasteiger partial charge on any atom is 0.379 e. The van der Waals surface area contributed by atoms with Crippen LogP contribution in [0.1, 0.15) is 16.1 Å². The Kier molecular flexibility index (Phi) is 2.98. The van der Waals surface area contributed by atoms with Crippen molar-refractivity contribution >= 4 is 22.6 Å². The van der Waals surface area contributed by atoms with Gasteiger partial charge < -0.3 is 19.3 Å². The summed E-state index contributed by atoms with van der Waals surface area (Å²) in [5, 5.41) is 0.588. The third kappa shape index (κ3) is 2.27. The molecule has 2 heterocycles. The van der Waals surface area contributed by atoms with Gasteiger partial charge in [-0.1, -0.05) is 0 Å². The normalized spacial score (nSPS) is 10.7. The largest absolute Gasteiger partial charge is 0.457 e. The molecular formula is C15H11NO5. The lowest BCUT2D eigenvalue weighted by atomic mass is 10.1. The van der Waals surface area contributed by atoms with Gasteiger partial charge in [0, 0.05) is 22.7 Å². The minimum Gasteiger partial charge on any atom is -0.457 e. The maximum atomic E-state index is 11.9. The fourth-order valence-corrected chi connectivity index (χ4v) is 2.02. The molecule has 0 amide bonds. The second-order valence-electron chi connectivity index (χ2n) is 4.45. The predicted octanol–water partition coefficient (Wildman–Crippen LogP) is 2.50. The molecule has 21 heavy (non-hydrogen) atoms. The molecule has 3 rings (SSSR count). The summed E-state index contributed by atoms with van der Waals surface area (Å²) < 4.78 is 15.3. The number of nitrogen functional groups attached to an aromatic ring is 1. The summed E-state index contributed by atoms with van der Waals surface area (Å²) in [6, 6.07) is 7.51. The summed E-state index contributed by atoms with van der Waals surface area (Å²) in [4.78, 5) is 23.3. The lowest BCUT2D eigenvalue weighted by Gasteiger charge is -2.09. The number of nitrogens with two attached hydrogens (primary N) is 1. The number of benzene rings is 1. The van der Waals surface area contributed by atoms with E-state index in [-0.39, 0.29) is 11.5 Å². The van der Waals surface area contributed by atoms with E-state index in [0.717, 1.165) is 0 Å². The Morgan fingerprint density at radius 2 is 2.10 bits per heavy atom. The van der Waals surface area contributed by atoms with Crippen LogP contribution in [0.4, 0.5) is 5.69 Å². The van der Waals surface area contributed by atoms with Crippen LogP contribution in [-0.2, 0) is 0 Å². The van der Waals surface area contributed by atoms with E-state index in [1.165, 1.54) is 18.4 Å². The van der Waals surface area contributed by atoms with E-state index in [1.54, 1.807) is 25.1 Å². The second kappa shape index (κ2) is 4.82. The number of rotatable bonds is 2. The van der Waals surface area contributed by atoms with Crippen LogP contribution in [0.3, 0.4) is 0 Å². The molecule has 0 bridgehead atoms. The molecule has 106 valence electrons. The highest BCUT2D eigenvalue weighted by Gasteiger charge is 2.16. The number of anilines is 1. The van der Waals surface area contributed by atoms with Crippen LogP contribution < -0.4 is 16.1 Å². The topological polar surface area (TPSA) is 95.7 Å². The maximum absolute atomic E-state index is 11.9. The molecule has 1 aromatic carbocycles. The highest BCUT2D eigenvalue weighted by Crippen LogP contribution is 2.29. The molecule has 6 heteroatoms. The van der Waals surface area contributed by atoms with Crippen LogP contribution in [0.25, 0.3) is 11.0 Å². The highest BCUT2D eigenvalue weighted by molar-refractivity contribution is 5.93. The molecule has 0 saturated heterocycles. The Bertz CT molecular complexity index is 877. The molecule has 0 aliphatic heterocycles. The number of fused-ring (bicyclic) bond motifs is 1. The summed E-state index contributed by atoms with van der Waals surface area (Å²) in [6.45, 7) is 1.68. The van der Waals surface area contributed by atoms with Crippen molar-refractivity contribution in [3.8, 4) is 5.75 Å². The number of hydrogen-bond acceptors (Lipinski definition) is 6. The van der Waals surface area contributed by atoms with Gasteiger partial charge in [-0.2, -0.15) is 0 Å². The van der Waals surface area contributed by atoms with Gasteiger partial charge in [0.15, 0.2) is 0 Å². The van der Waals surface area contributed by atoms with Crippen molar-refractivity contribution in [1.82, 2.24) is 0 Å². The molecule has 3 aromatic rings. The molecule has 0 aliphatic rings. The Morgan fingerprint density at radius 1 is 1.29 bits per heavy atom. The zero-order valence-electron chi connectivity index (χ0n) is 11.1. The van der Waals surface area contributed by atoms with Gasteiger partial charge in [-0.25, -0.2) is 9.59 Å². The number of hydrogen-bond donors (Lipinski definition) is 1. The summed E-state index contributed by atoms with van der Waals surface area (Å²) >= 11 is 0. The first-order valence-electron chi connectivity index (χ1n) is 6.15. The molecule has 0 aliphatic carbocycles. The number of ether oxygens (including phenoxy) is 1. The fraction of sp³-hybridized carbons (Fsp3) is 0.0667. The number of furan rings is 1. The molecule has 0 spiro atoms. The lowest BCUT2D eigenvalue weighted by Crippen LogP contribution is -2.09. The smallest absolute Gasteiger partial charge is 0.379 e. The minimum absolute atomic E-state index is 0.0866. The van der Waals surface area contributed by atoms with Gasteiger partial charge in [-0.05, 0) is 31.2 Å². The number of carbonyl (C=O) groups is 1. The van der Waals surface area contributed by atoms with Crippen molar-refractivity contribution in [1.29, 1.82) is 0 Å². The number of carbonyl (C=O) groups excluding carboxylic acids is 1. The van der Waals surface area contributed by atoms with Gasteiger partial charge in [0.1, 0.15) is 11.3 Å². The Hall–Kier alpha value is -3.02. The van der Waals surface area contributed by atoms with Gasteiger partial charge in [0.2, 0.25) is 5.76 Å². The van der Waals surface area contributed by atoms with E-state index in [0.29, 0.717) is 22.2 Å². The average molecular weight is 285 g/mol. The minimum atomic E-state index is -0.631. The lowest BCUT2D eigenvalue weighted by molar-refractivity contribution is 0.0700. The van der Waals surface area contributed by atoms with E-state index in [2.05, 4.69) is 0 Å². The van der Waals surface area contributed by atoms with Crippen molar-refractivity contribution in [3.05, 3.63) is 58.3 Å². The van der Waals surface area contributed by atoms with Crippen molar-refractivity contribution < 1.29 is 18.4 Å². The van der Waals surface area contributed by atoms with Crippen molar-refractivity contribution in [2.75, 3.05) is 5.73 Å². The summed E-state index contributed by atoms with van der Waals surface area (Å²) in [7, 11) is 0. The molecule has 2 N–H and O–H groups in total. The van der Waals surface area contributed by atoms with E-state index >= 15 is 0 Å². The molecular weight excluding hydrogens is 274 g/mol. The molecule has 0 fully saturated rings. The van der Waals surface area contributed by atoms with Gasteiger partial charge in [-0.3, -0.25) is 0 Å². The van der Waals surface area contributed by atoms with Crippen LogP contribution in [0.15, 0.2) is 50.2 Å².